The molecule has 110 valence electrons. The van der Waals surface area contributed by atoms with Crippen molar-refractivity contribution in [3.8, 4) is 0 Å². The molecule has 1 unspecified atom stereocenters. The lowest BCUT2D eigenvalue weighted by Crippen LogP contribution is -2.17. The molecule has 0 aliphatic rings. The van der Waals surface area contributed by atoms with Gasteiger partial charge in [0.2, 0.25) is 0 Å². The molecule has 0 saturated carbocycles. The Morgan fingerprint density at radius 1 is 0.864 bits per heavy atom. The fourth-order valence-corrected chi connectivity index (χ4v) is 2.72. The summed E-state index contributed by atoms with van der Waals surface area (Å²) in [6.07, 6.45) is 0. The second kappa shape index (κ2) is 6.44. The van der Waals surface area contributed by atoms with E-state index in [9.17, 15) is 4.79 Å². The summed E-state index contributed by atoms with van der Waals surface area (Å²) in [4.78, 5) is 12.5. The Morgan fingerprint density at radius 3 is 2.27 bits per heavy atom. The van der Waals surface area contributed by atoms with Gasteiger partial charge in [-0.2, -0.15) is 0 Å². The summed E-state index contributed by atoms with van der Waals surface area (Å²) in [5, 5.41) is 2.30. The van der Waals surface area contributed by atoms with Crippen LogP contribution in [0.2, 0.25) is 0 Å². The van der Waals surface area contributed by atoms with Gasteiger partial charge in [0.15, 0.2) is 0 Å². The van der Waals surface area contributed by atoms with Crippen LogP contribution in [-0.4, -0.2) is 12.6 Å². The molecule has 3 aromatic carbocycles. The highest BCUT2D eigenvalue weighted by Crippen LogP contribution is 2.28. The number of benzene rings is 3. The van der Waals surface area contributed by atoms with Crippen LogP contribution in [-0.2, 0) is 9.53 Å². The Bertz CT molecular complexity index is 778. The molecule has 1 atom stereocenters. The number of esters is 1. The summed E-state index contributed by atoms with van der Waals surface area (Å²) in [5.41, 5.74) is 1.92. The Morgan fingerprint density at radius 2 is 1.55 bits per heavy atom. The zero-order valence-electron chi connectivity index (χ0n) is 12.5. The van der Waals surface area contributed by atoms with Gasteiger partial charge in [0.1, 0.15) is 5.92 Å². The third-order valence-corrected chi connectivity index (χ3v) is 3.76. The van der Waals surface area contributed by atoms with Gasteiger partial charge in [-0.25, -0.2) is 0 Å². The van der Waals surface area contributed by atoms with Gasteiger partial charge in [-0.1, -0.05) is 66.7 Å². The third kappa shape index (κ3) is 2.86. The summed E-state index contributed by atoms with van der Waals surface area (Å²) < 4.78 is 5.29. The fourth-order valence-electron chi connectivity index (χ4n) is 2.72. The number of ether oxygens (including phenoxy) is 1. The van der Waals surface area contributed by atoms with Crippen molar-refractivity contribution in [1.29, 1.82) is 0 Å². The van der Waals surface area contributed by atoms with Gasteiger partial charge >= 0.3 is 5.97 Å². The predicted octanol–water partition coefficient (Wildman–Crippen LogP) is 4.53. The first-order chi connectivity index (χ1) is 10.8. The number of fused-ring (bicyclic) bond motifs is 1. The lowest BCUT2D eigenvalue weighted by Gasteiger charge is -2.17. The van der Waals surface area contributed by atoms with E-state index in [4.69, 9.17) is 4.74 Å². The van der Waals surface area contributed by atoms with Crippen LogP contribution in [0.15, 0.2) is 72.8 Å². The van der Waals surface area contributed by atoms with Crippen LogP contribution in [0.1, 0.15) is 24.0 Å². The first-order valence-corrected chi connectivity index (χ1v) is 7.50. The quantitative estimate of drug-likeness (QED) is 0.660. The number of rotatable bonds is 4. The Kier molecular flexibility index (Phi) is 4.19. The maximum Gasteiger partial charge on any atom is 0.317 e. The van der Waals surface area contributed by atoms with Crippen LogP contribution in [0.4, 0.5) is 0 Å². The van der Waals surface area contributed by atoms with E-state index in [-0.39, 0.29) is 11.9 Å². The Labute approximate surface area is 130 Å². The number of carbonyl (C=O) groups excluding carboxylic acids is 1. The van der Waals surface area contributed by atoms with E-state index in [2.05, 4.69) is 24.3 Å². The lowest BCUT2D eigenvalue weighted by atomic mass is 9.90. The molecule has 0 aromatic heterocycles. The second-order valence-electron chi connectivity index (χ2n) is 5.20. The molecule has 2 heteroatoms. The van der Waals surface area contributed by atoms with E-state index in [1.807, 2.05) is 55.5 Å². The molecule has 3 rings (SSSR count). The standard InChI is InChI=1S/C20H18O2/c1-2-22-20(21)19(16-9-4-3-5-10-16)18-13-12-15-8-6-7-11-17(15)14-18/h3-14,19H,2H2,1H3. The van der Waals surface area contributed by atoms with Crippen LogP contribution in [0.3, 0.4) is 0 Å². The van der Waals surface area contributed by atoms with Gasteiger partial charge in [0.05, 0.1) is 6.61 Å². The normalized spacial score (nSPS) is 12.0. The molecule has 0 spiro atoms. The first-order valence-electron chi connectivity index (χ1n) is 7.50. The first kappa shape index (κ1) is 14.3. The molecule has 2 nitrogen and oxygen atoms in total. The zero-order valence-corrected chi connectivity index (χ0v) is 12.5. The van der Waals surface area contributed by atoms with Crippen molar-refractivity contribution in [1.82, 2.24) is 0 Å². The van der Waals surface area contributed by atoms with Crippen LogP contribution in [0, 0.1) is 0 Å². The fraction of sp³-hybridized carbons (Fsp3) is 0.150. The molecular formula is C20H18O2. The average Bonchev–Trinajstić information content (AvgIpc) is 2.56. The summed E-state index contributed by atoms with van der Waals surface area (Å²) in [5.74, 6) is -0.588. The average molecular weight is 290 g/mol. The summed E-state index contributed by atoms with van der Waals surface area (Å²) in [6.45, 7) is 2.22. The SMILES string of the molecule is CCOC(=O)C(c1ccccc1)c1ccc2ccccc2c1. The van der Waals surface area contributed by atoms with Crippen LogP contribution < -0.4 is 0 Å². The van der Waals surface area contributed by atoms with Gasteiger partial charge in [-0.15, -0.1) is 0 Å². The minimum absolute atomic E-state index is 0.205. The molecule has 0 radical (unpaired) electrons. The summed E-state index contributed by atoms with van der Waals surface area (Å²) in [7, 11) is 0. The molecule has 0 fully saturated rings. The molecule has 0 amide bonds. The van der Waals surface area contributed by atoms with Crippen molar-refractivity contribution in [2.24, 2.45) is 0 Å². The van der Waals surface area contributed by atoms with Crippen molar-refractivity contribution in [2.45, 2.75) is 12.8 Å². The van der Waals surface area contributed by atoms with Gasteiger partial charge in [0, 0.05) is 0 Å². The molecule has 0 aliphatic heterocycles. The molecule has 22 heavy (non-hydrogen) atoms. The highest BCUT2D eigenvalue weighted by atomic mass is 16.5. The van der Waals surface area contributed by atoms with E-state index in [0.717, 1.165) is 16.5 Å². The Balaban J connectivity index is 2.09. The number of hydrogen-bond acceptors (Lipinski definition) is 2. The highest BCUT2D eigenvalue weighted by molar-refractivity contribution is 5.87. The molecule has 0 N–H and O–H groups in total. The minimum Gasteiger partial charge on any atom is -0.465 e. The Hall–Kier alpha value is -2.61. The summed E-state index contributed by atoms with van der Waals surface area (Å²) >= 11 is 0. The largest absolute Gasteiger partial charge is 0.465 e. The topological polar surface area (TPSA) is 26.3 Å². The van der Waals surface area contributed by atoms with Crippen molar-refractivity contribution in [3.05, 3.63) is 83.9 Å². The van der Waals surface area contributed by atoms with Crippen LogP contribution in [0.25, 0.3) is 10.8 Å². The van der Waals surface area contributed by atoms with Gasteiger partial charge in [-0.3, -0.25) is 4.79 Å². The van der Waals surface area contributed by atoms with Crippen LogP contribution in [0.5, 0.6) is 0 Å². The van der Waals surface area contributed by atoms with Gasteiger partial charge in [-0.05, 0) is 34.9 Å². The third-order valence-electron chi connectivity index (χ3n) is 3.76. The number of hydrogen-bond donors (Lipinski definition) is 0. The van der Waals surface area contributed by atoms with E-state index in [1.54, 1.807) is 0 Å². The molecule has 3 aromatic rings. The zero-order chi connectivity index (χ0) is 15.4. The van der Waals surface area contributed by atoms with E-state index in [0.29, 0.717) is 6.61 Å². The van der Waals surface area contributed by atoms with Crippen molar-refractivity contribution in [2.75, 3.05) is 6.61 Å². The highest BCUT2D eigenvalue weighted by Gasteiger charge is 2.24. The van der Waals surface area contributed by atoms with E-state index < -0.39 is 0 Å². The maximum absolute atomic E-state index is 12.5. The molecule has 0 heterocycles. The molecule has 0 saturated heterocycles. The molecule has 0 aliphatic carbocycles. The minimum atomic E-state index is -0.384. The van der Waals surface area contributed by atoms with Gasteiger partial charge < -0.3 is 4.74 Å². The van der Waals surface area contributed by atoms with E-state index in [1.165, 1.54) is 5.39 Å². The van der Waals surface area contributed by atoms with Crippen molar-refractivity contribution in [3.63, 3.8) is 0 Å². The molecular weight excluding hydrogens is 272 g/mol. The summed E-state index contributed by atoms with van der Waals surface area (Å²) in [6, 6.07) is 24.1. The van der Waals surface area contributed by atoms with Crippen LogP contribution >= 0.6 is 0 Å². The van der Waals surface area contributed by atoms with Crippen molar-refractivity contribution >= 4 is 16.7 Å². The van der Waals surface area contributed by atoms with E-state index >= 15 is 0 Å². The van der Waals surface area contributed by atoms with Gasteiger partial charge in [0.25, 0.3) is 0 Å². The van der Waals surface area contributed by atoms with Crippen molar-refractivity contribution < 1.29 is 9.53 Å². The lowest BCUT2D eigenvalue weighted by molar-refractivity contribution is -0.143. The number of carbonyl (C=O) groups is 1. The smallest absolute Gasteiger partial charge is 0.317 e. The molecule has 0 bridgehead atoms. The maximum atomic E-state index is 12.5. The monoisotopic (exact) mass is 290 g/mol. The second-order valence-corrected chi connectivity index (χ2v) is 5.20. The predicted molar refractivity (Wildman–Crippen MR) is 88.9 cm³/mol.